The van der Waals surface area contributed by atoms with Gasteiger partial charge in [-0.15, -0.1) is 0 Å². The maximum Gasteiger partial charge on any atom is 0.389 e. The number of nitrogens with zero attached hydrogens (tertiary/aromatic N) is 3. The second-order valence-corrected chi connectivity index (χ2v) is 5.31. The minimum atomic E-state index is -4.29. The molecule has 0 saturated carbocycles. The Hall–Kier alpha value is -1.86. The first-order valence-corrected chi connectivity index (χ1v) is 7.18. The normalized spacial score (nSPS) is 19.0. The molecule has 1 aliphatic heterocycles. The molecular formula is C14H18F3N3O2. The summed E-state index contributed by atoms with van der Waals surface area (Å²) in [6, 6.07) is 1.94. The van der Waals surface area contributed by atoms with Crippen LogP contribution >= 0.6 is 0 Å². The van der Waals surface area contributed by atoms with E-state index in [4.69, 9.17) is 4.74 Å². The van der Waals surface area contributed by atoms with Gasteiger partial charge in [-0.2, -0.15) is 13.2 Å². The fraction of sp³-hybridized carbons (Fsp3) is 0.643. The first kappa shape index (κ1) is 16.5. The van der Waals surface area contributed by atoms with Crippen LogP contribution in [0, 0.1) is 5.92 Å². The van der Waals surface area contributed by atoms with E-state index in [0.29, 0.717) is 19.7 Å². The van der Waals surface area contributed by atoms with E-state index in [-0.39, 0.29) is 11.9 Å². The van der Waals surface area contributed by atoms with Crippen LogP contribution in [0.4, 0.5) is 13.2 Å². The Balaban J connectivity index is 1.77. The van der Waals surface area contributed by atoms with E-state index in [1.54, 1.807) is 18.5 Å². The van der Waals surface area contributed by atoms with Gasteiger partial charge in [0.15, 0.2) is 0 Å². The number of ether oxygens (including phenoxy) is 1. The Kier molecular flexibility index (Phi) is 5.57. The van der Waals surface area contributed by atoms with Crippen LogP contribution in [0.1, 0.15) is 25.7 Å². The Morgan fingerprint density at radius 3 is 2.77 bits per heavy atom. The van der Waals surface area contributed by atoms with Crippen LogP contribution in [0.15, 0.2) is 18.5 Å². The summed E-state index contributed by atoms with van der Waals surface area (Å²) in [6.07, 6.45) is -1.08. The molecule has 0 aromatic carbocycles. The number of rotatable bonds is 5. The SMILES string of the molecule is O=C(CCC(F)(F)F)N1CCCC(COc2ncccn2)C1. The third-order valence-electron chi connectivity index (χ3n) is 3.48. The molecule has 0 radical (unpaired) electrons. The smallest absolute Gasteiger partial charge is 0.389 e. The highest BCUT2D eigenvalue weighted by Gasteiger charge is 2.30. The third kappa shape index (κ3) is 5.50. The van der Waals surface area contributed by atoms with Crippen molar-refractivity contribution in [3.63, 3.8) is 0 Å². The van der Waals surface area contributed by atoms with Crippen LogP contribution < -0.4 is 4.74 Å². The predicted octanol–water partition coefficient (Wildman–Crippen LogP) is 2.44. The maximum atomic E-state index is 12.2. The first-order chi connectivity index (χ1) is 10.4. The van der Waals surface area contributed by atoms with Gasteiger partial charge in [-0.1, -0.05) is 0 Å². The van der Waals surface area contributed by atoms with E-state index < -0.39 is 24.9 Å². The first-order valence-electron chi connectivity index (χ1n) is 7.18. The molecule has 1 saturated heterocycles. The van der Waals surface area contributed by atoms with Gasteiger partial charge in [-0.3, -0.25) is 4.79 Å². The minimum absolute atomic E-state index is 0.0902. The summed E-state index contributed by atoms with van der Waals surface area (Å²) in [5, 5.41) is 0. The van der Waals surface area contributed by atoms with E-state index in [2.05, 4.69) is 9.97 Å². The van der Waals surface area contributed by atoms with Crippen LogP contribution in [0.3, 0.4) is 0 Å². The molecule has 1 aromatic heterocycles. The van der Waals surface area contributed by atoms with Crippen LogP contribution in [0.2, 0.25) is 0 Å². The molecule has 5 nitrogen and oxygen atoms in total. The molecule has 8 heteroatoms. The molecule has 1 aromatic rings. The van der Waals surface area contributed by atoms with Crippen LogP contribution in [-0.2, 0) is 4.79 Å². The van der Waals surface area contributed by atoms with E-state index in [0.717, 1.165) is 12.8 Å². The number of aromatic nitrogens is 2. The van der Waals surface area contributed by atoms with Crippen LogP contribution in [0.25, 0.3) is 0 Å². The second kappa shape index (κ2) is 7.42. The fourth-order valence-electron chi connectivity index (χ4n) is 2.39. The van der Waals surface area contributed by atoms with Gasteiger partial charge in [0.1, 0.15) is 0 Å². The fourth-order valence-corrected chi connectivity index (χ4v) is 2.39. The number of amides is 1. The van der Waals surface area contributed by atoms with Gasteiger partial charge < -0.3 is 9.64 Å². The summed E-state index contributed by atoms with van der Waals surface area (Å²) in [5.41, 5.74) is 0. The zero-order valence-electron chi connectivity index (χ0n) is 12.1. The van der Waals surface area contributed by atoms with Crippen molar-refractivity contribution in [2.75, 3.05) is 19.7 Å². The standard InChI is InChI=1S/C14H18F3N3O2/c15-14(16,17)5-4-12(21)20-8-1-3-11(9-20)10-22-13-18-6-2-7-19-13/h2,6-7,11H,1,3-5,8-10H2. The zero-order valence-corrected chi connectivity index (χ0v) is 12.1. The molecule has 1 amide bonds. The molecule has 1 atom stereocenters. The summed E-state index contributed by atoms with van der Waals surface area (Å²) >= 11 is 0. The molecular weight excluding hydrogens is 299 g/mol. The van der Waals surface area contributed by atoms with Crippen molar-refractivity contribution >= 4 is 5.91 Å². The highest BCUT2D eigenvalue weighted by Crippen LogP contribution is 2.23. The van der Waals surface area contributed by atoms with Crippen molar-refractivity contribution in [1.29, 1.82) is 0 Å². The monoisotopic (exact) mass is 317 g/mol. The van der Waals surface area contributed by atoms with Crippen LogP contribution in [0.5, 0.6) is 6.01 Å². The Morgan fingerprint density at radius 2 is 2.09 bits per heavy atom. The number of halogens is 3. The number of carbonyl (C=O) groups is 1. The topological polar surface area (TPSA) is 55.3 Å². The molecule has 22 heavy (non-hydrogen) atoms. The van der Waals surface area contributed by atoms with Gasteiger partial charge in [0.25, 0.3) is 0 Å². The molecule has 0 N–H and O–H groups in total. The average molecular weight is 317 g/mol. The van der Waals surface area contributed by atoms with Crippen molar-refractivity contribution in [3.05, 3.63) is 18.5 Å². The van der Waals surface area contributed by atoms with E-state index >= 15 is 0 Å². The van der Waals surface area contributed by atoms with Crippen molar-refractivity contribution < 1.29 is 22.7 Å². The number of likely N-dealkylation sites (tertiary alicyclic amines) is 1. The lowest BCUT2D eigenvalue weighted by Gasteiger charge is -2.32. The number of hydrogen-bond donors (Lipinski definition) is 0. The summed E-state index contributed by atoms with van der Waals surface area (Å²) in [5.74, 6) is -0.356. The quantitative estimate of drug-likeness (QED) is 0.837. The predicted molar refractivity (Wildman–Crippen MR) is 72.1 cm³/mol. The molecule has 1 fully saturated rings. The molecule has 2 heterocycles. The molecule has 0 bridgehead atoms. The van der Waals surface area contributed by atoms with Gasteiger partial charge in [0.2, 0.25) is 5.91 Å². The molecule has 1 aliphatic rings. The van der Waals surface area contributed by atoms with Crippen LogP contribution in [-0.4, -0.2) is 46.6 Å². The molecule has 1 unspecified atom stereocenters. The highest BCUT2D eigenvalue weighted by molar-refractivity contribution is 5.76. The summed E-state index contributed by atoms with van der Waals surface area (Å²) in [6.45, 7) is 1.28. The largest absolute Gasteiger partial charge is 0.463 e. The third-order valence-corrected chi connectivity index (χ3v) is 3.48. The number of carbonyl (C=O) groups excluding carboxylic acids is 1. The van der Waals surface area contributed by atoms with Crippen molar-refractivity contribution in [2.24, 2.45) is 5.92 Å². The molecule has 0 spiro atoms. The Morgan fingerprint density at radius 1 is 1.36 bits per heavy atom. The Bertz CT molecular complexity index is 482. The van der Waals surface area contributed by atoms with Gasteiger partial charge >= 0.3 is 12.2 Å². The summed E-state index contributed by atoms with van der Waals surface area (Å²) in [4.78, 5) is 21.2. The lowest BCUT2D eigenvalue weighted by molar-refractivity contribution is -0.150. The minimum Gasteiger partial charge on any atom is -0.463 e. The zero-order chi connectivity index (χ0) is 16.0. The highest BCUT2D eigenvalue weighted by atomic mass is 19.4. The van der Waals surface area contributed by atoms with Gasteiger partial charge in [-0.05, 0) is 18.9 Å². The summed E-state index contributed by atoms with van der Waals surface area (Å²) < 4.78 is 41.9. The molecule has 2 rings (SSSR count). The van der Waals surface area contributed by atoms with Gasteiger partial charge in [0, 0.05) is 37.8 Å². The Labute approximate surface area is 126 Å². The number of alkyl halides is 3. The van der Waals surface area contributed by atoms with Crippen molar-refractivity contribution in [3.8, 4) is 6.01 Å². The summed E-state index contributed by atoms with van der Waals surface area (Å²) in [7, 11) is 0. The second-order valence-electron chi connectivity index (χ2n) is 5.31. The van der Waals surface area contributed by atoms with E-state index in [1.807, 2.05) is 0 Å². The average Bonchev–Trinajstić information content (AvgIpc) is 2.51. The lowest BCUT2D eigenvalue weighted by atomic mass is 9.98. The number of hydrogen-bond acceptors (Lipinski definition) is 4. The number of piperidine rings is 1. The molecule has 122 valence electrons. The van der Waals surface area contributed by atoms with Gasteiger partial charge in [0.05, 0.1) is 13.0 Å². The van der Waals surface area contributed by atoms with Gasteiger partial charge in [-0.25, -0.2) is 9.97 Å². The lowest BCUT2D eigenvalue weighted by Crippen LogP contribution is -2.41. The van der Waals surface area contributed by atoms with E-state index in [9.17, 15) is 18.0 Å². The molecule has 0 aliphatic carbocycles. The van der Waals surface area contributed by atoms with E-state index in [1.165, 1.54) is 4.90 Å². The maximum absolute atomic E-state index is 12.2. The van der Waals surface area contributed by atoms with Crippen molar-refractivity contribution in [2.45, 2.75) is 31.9 Å². The van der Waals surface area contributed by atoms with Crippen molar-refractivity contribution in [1.82, 2.24) is 14.9 Å².